The van der Waals surface area contributed by atoms with E-state index in [-0.39, 0.29) is 5.69 Å². The van der Waals surface area contributed by atoms with Crippen LogP contribution in [0.15, 0.2) is 18.2 Å². The molecule has 0 bridgehead atoms. The molecule has 1 aromatic rings. The van der Waals surface area contributed by atoms with Gasteiger partial charge in [-0.25, -0.2) is 0 Å². The van der Waals surface area contributed by atoms with E-state index in [2.05, 4.69) is 6.92 Å². The Balaban J connectivity index is 2.90. The van der Waals surface area contributed by atoms with Crippen LogP contribution in [0.3, 0.4) is 0 Å². The summed E-state index contributed by atoms with van der Waals surface area (Å²) in [6.45, 7) is 2.84. The lowest BCUT2D eigenvalue weighted by molar-refractivity contribution is -0.137. The highest BCUT2D eigenvalue weighted by Crippen LogP contribution is 2.33. The van der Waals surface area contributed by atoms with Crippen molar-refractivity contribution in [2.24, 2.45) is 0 Å². The zero-order chi connectivity index (χ0) is 13.1. The zero-order valence-corrected chi connectivity index (χ0v) is 10.0. The number of benzene rings is 1. The van der Waals surface area contributed by atoms with Gasteiger partial charge in [0.05, 0.1) is 16.9 Å². The molecular formula is C12H17F3N2. The third kappa shape index (κ3) is 3.54. The fourth-order valence-corrected chi connectivity index (χ4v) is 1.59. The van der Waals surface area contributed by atoms with E-state index in [4.69, 9.17) is 5.73 Å². The van der Waals surface area contributed by atoms with Gasteiger partial charge in [-0.3, -0.25) is 0 Å². The van der Waals surface area contributed by atoms with E-state index < -0.39 is 11.7 Å². The zero-order valence-electron chi connectivity index (χ0n) is 10.0. The van der Waals surface area contributed by atoms with E-state index in [1.807, 2.05) is 11.9 Å². The average molecular weight is 246 g/mol. The monoisotopic (exact) mass is 246 g/mol. The second-order valence-corrected chi connectivity index (χ2v) is 4.05. The number of nitrogens with zero attached hydrogens (tertiary/aromatic N) is 1. The average Bonchev–Trinajstić information content (AvgIpc) is 2.24. The van der Waals surface area contributed by atoms with Crippen LogP contribution in [0.1, 0.15) is 25.3 Å². The number of nitrogens with two attached hydrogens (primary N) is 1. The molecule has 1 aromatic carbocycles. The Hall–Kier alpha value is -1.39. The minimum absolute atomic E-state index is 0.165. The molecular weight excluding hydrogens is 229 g/mol. The van der Waals surface area contributed by atoms with E-state index in [9.17, 15) is 13.2 Å². The summed E-state index contributed by atoms with van der Waals surface area (Å²) in [6, 6.07) is 3.47. The van der Waals surface area contributed by atoms with Crippen LogP contribution < -0.4 is 10.6 Å². The number of unbranched alkanes of at least 4 members (excludes halogenated alkanes) is 1. The lowest BCUT2D eigenvalue weighted by Crippen LogP contribution is -2.20. The number of hydrogen-bond acceptors (Lipinski definition) is 2. The van der Waals surface area contributed by atoms with Gasteiger partial charge in [0.25, 0.3) is 0 Å². The van der Waals surface area contributed by atoms with Gasteiger partial charge < -0.3 is 10.6 Å². The molecule has 0 aromatic heterocycles. The van der Waals surface area contributed by atoms with E-state index in [0.717, 1.165) is 31.5 Å². The summed E-state index contributed by atoms with van der Waals surface area (Å²) < 4.78 is 37.3. The van der Waals surface area contributed by atoms with Crippen LogP contribution >= 0.6 is 0 Å². The summed E-state index contributed by atoms with van der Waals surface area (Å²) in [5, 5.41) is 0. The number of alkyl halides is 3. The molecule has 0 aliphatic carbocycles. The molecule has 0 atom stereocenters. The van der Waals surface area contributed by atoms with Crippen molar-refractivity contribution in [2.75, 3.05) is 24.2 Å². The van der Waals surface area contributed by atoms with E-state index in [1.165, 1.54) is 6.07 Å². The predicted octanol–water partition coefficient (Wildman–Crippen LogP) is 3.52. The minimum Gasteiger partial charge on any atom is -0.397 e. The number of hydrogen-bond donors (Lipinski definition) is 1. The smallest absolute Gasteiger partial charge is 0.397 e. The molecule has 0 radical (unpaired) electrons. The molecule has 0 unspecified atom stereocenters. The summed E-state index contributed by atoms with van der Waals surface area (Å²) in [7, 11) is 1.83. The van der Waals surface area contributed by atoms with Crippen LogP contribution in [0.5, 0.6) is 0 Å². The van der Waals surface area contributed by atoms with Crippen LogP contribution in [-0.2, 0) is 6.18 Å². The van der Waals surface area contributed by atoms with Crippen molar-refractivity contribution in [3.8, 4) is 0 Å². The Morgan fingerprint density at radius 2 is 1.94 bits per heavy atom. The highest BCUT2D eigenvalue weighted by atomic mass is 19.4. The maximum atomic E-state index is 12.4. The van der Waals surface area contributed by atoms with Crippen molar-refractivity contribution in [3.05, 3.63) is 23.8 Å². The van der Waals surface area contributed by atoms with Gasteiger partial charge in [0.1, 0.15) is 0 Å². The molecule has 0 aliphatic heterocycles. The summed E-state index contributed by atoms with van der Waals surface area (Å²) in [6.07, 6.45) is -2.32. The first kappa shape index (κ1) is 13.7. The highest BCUT2D eigenvalue weighted by Gasteiger charge is 2.30. The molecule has 0 aliphatic rings. The number of rotatable bonds is 4. The normalized spacial score (nSPS) is 11.6. The minimum atomic E-state index is -4.34. The summed E-state index contributed by atoms with van der Waals surface area (Å²) >= 11 is 0. The molecule has 96 valence electrons. The number of anilines is 2. The van der Waals surface area contributed by atoms with Crippen molar-refractivity contribution >= 4 is 11.4 Å². The predicted molar refractivity (Wildman–Crippen MR) is 64.0 cm³/mol. The lowest BCUT2D eigenvalue weighted by Gasteiger charge is -2.21. The van der Waals surface area contributed by atoms with Crippen LogP contribution in [-0.4, -0.2) is 13.6 Å². The lowest BCUT2D eigenvalue weighted by atomic mass is 10.1. The third-order valence-electron chi connectivity index (χ3n) is 2.61. The van der Waals surface area contributed by atoms with Gasteiger partial charge in [0, 0.05) is 13.6 Å². The van der Waals surface area contributed by atoms with Gasteiger partial charge in [0.2, 0.25) is 0 Å². The van der Waals surface area contributed by atoms with Gasteiger partial charge in [-0.2, -0.15) is 13.2 Å². The Kier molecular flexibility index (Phi) is 4.26. The standard InChI is InChI=1S/C12H17F3N2/c1-3-4-7-17(2)11-6-5-9(8-10(11)16)12(13,14)15/h5-6,8H,3-4,7,16H2,1-2H3. The van der Waals surface area contributed by atoms with Gasteiger partial charge in [-0.05, 0) is 24.6 Å². The third-order valence-corrected chi connectivity index (χ3v) is 2.61. The first-order valence-electron chi connectivity index (χ1n) is 5.54. The van der Waals surface area contributed by atoms with E-state index in [0.29, 0.717) is 5.69 Å². The molecule has 1 rings (SSSR count). The van der Waals surface area contributed by atoms with Gasteiger partial charge in [-0.15, -0.1) is 0 Å². The molecule has 2 N–H and O–H groups in total. The van der Waals surface area contributed by atoms with Crippen LogP contribution in [0.25, 0.3) is 0 Å². The van der Waals surface area contributed by atoms with Crippen molar-refractivity contribution in [1.82, 2.24) is 0 Å². The van der Waals surface area contributed by atoms with Crippen molar-refractivity contribution in [3.63, 3.8) is 0 Å². The van der Waals surface area contributed by atoms with Gasteiger partial charge in [0.15, 0.2) is 0 Å². The van der Waals surface area contributed by atoms with Crippen LogP contribution in [0.4, 0.5) is 24.5 Å². The van der Waals surface area contributed by atoms with E-state index in [1.54, 1.807) is 0 Å². The molecule has 0 spiro atoms. The molecule has 0 saturated carbocycles. The SMILES string of the molecule is CCCCN(C)c1ccc(C(F)(F)F)cc1N. The molecule has 0 amide bonds. The molecule has 0 heterocycles. The van der Waals surface area contributed by atoms with Crippen molar-refractivity contribution in [1.29, 1.82) is 0 Å². The van der Waals surface area contributed by atoms with Crippen molar-refractivity contribution in [2.45, 2.75) is 25.9 Å². The highest BCUT2D eigenvalue weighted by molar-refractivity contribution is 5.68. The molecule has 2 nitrogen and oxygen atoms in total. The largest absolute Gasteiger partial charge is 0.416 e. The number of halogens is 3. The molecule has 17 heavy (non-hydrogen) atoms. The van der Waals surface area contributed by atoms with Crippen LogP contribution in [0, 0.1) is 0 Å². The van der Waals surface area contributed by atoms with Crippen molar-refractivity contribution < 1.29 is 13.2 Å². The molecule has 5 heteroatoms. The second-order valence-electron chi connectivity index (χ2n) is 4.05. The first-order chi connectivity index (χ1) is 7.86. The number of nitrogen functional groups attached to an aromatic ring is 1. The Labute approximate surface area is 99.2 Å². The van der Waals surface area contributed by atoms with Gasteiger partial charge >= 0.3 is 6.18 Å². The molecule has 0 saturated heterocycles. The van der Waals surface area contributed by atoms with E-state index >= 15 is 0 Å². The second kappa shape index (κ2) is 5.29. The summed E-state index contributed by atoms with van der Waals surface area (Å²) in [5.74, 6) is 0. The maximum absolute atomic E-state index is 12.4. The summed E-state index contributed by atoms with van der Waals surface area (Å²) in [4.78, 5) is 1.87. The fourth-order valence-electron chi connectivity index (χ4n) is 1.59. The Morgan fingerprint density at radius 1 is 1.29 bits per heavy atom. The quantitative estimate of drug-likeness (QED) is 0.823. The topological polar surface area (TPSA) is 29.3 Å². The van der Waals surface area contributed by atoms with Crippen LogP contribution in [0.2, 0.25) is 0 Å². The summed E-state index contributed by atoms with van der Waals surface area (Å²) in [5.41, 5.74) is 5.75. The maximum Gasteiger partial charge on any atom is 0.416 e. The Morgan fingerprint density at radius 3 is 2.41 bits per heavy atom. The first-order valence-corrected chi connectivity index (χ1v) is 5.54. The fraction of sp³-hybridized carbons (Fsp3) is 0.500. The Bertz CT molecular complexity index is 375. The molecule has 0 fully saturated rings. The van der Waals surface area contributed by atoms with Gasteiger partial charge in [-0.1, -0.05) is 13.3 Å².